The number of aromatic nitrogens is 2. The fourth-order valence-electron chi connectivity index (χ4n) is 3.40. The summed E-state index contributed by atoms with van der Waals surface area (Å²) in [6.45, 7) is 5.96. The van der Waals surface area contributed by atoms with Crippen LogP contribution in [0.4, 0.5) is 0 Å². The number of amides is 2. The summed E-state index contributed by atoms with van der Waals surface area (Å²) in [6, 6.07) is 9.58. The number of hydrogen-bond acceptors (Lipinski definition) is 7. The first-order chi connectivity index (χ1) is 14.8. The largest absolute Gasteiger partial charge is 0.484 e. The number of carbonyl (C=O) groups excluding carboxylic acids is 2. The quantitative estimate of drug-likeness (QED) is 0.589. The molecule has 168 valence electrons. The lowest BCUT2D eigenvalue weighted by molar-refractivity contribution is -0.138. The fourth-order valence-corrected chi connectivity index (χ4v) is 4.06. The molecule has 2 amide bonds. The zero-order chi connectivity index (χ0) is 22.3. The summed E-state index contributed by atoms with van der Waals surface area (Å²) >= 11 is 1.16. The average molecular weight is 447 g/mol. The average Bonchev–Trinajstić information content (AvgIpc) is 3.40. The van der Waals surface area contributed by atoms with Gasteiger partial charge < -0.3 is 19.4 Å². The molecule has 1 N–H and O–H groups in total. The van der Waals surface area contributed by atoms with Gasteiger partial charge in [0, 0.05) is 11.6 Å². The Balaban J connectivity index is 1.49. The molecule has 1 aromatic heterocycles. The Bertz CT molecular complexity index is 860. The molecule has 1 aliphatic carbocycles. The second-order valence-electron chi connectivity index (χ2n) is 8.55. The van der Waals surface area contributed by atoms with E-state index in [1.807, 2.05) is 51.1 Å². The van der Waals surface area contributed by atoms with E-state index in [-0.39, 0.29) is 36.8 Å². The number of benzene rings is 1. The Kier molecular flexibility index (Phi) is 7.95. The van der Waals surface area contributed by atoms with Crippen LogP contribution in [0.25, 0.3) is 0 Å². The van der Waals surface area contributed by atoms with Gasteiger partial charge in [-0.05, 0) is 45.7 Å². The number of nitrogens with zero attached hydrogens (tertiary/aromatic N) is 3. The molecule has 0 radical (unpaired) electrons. The first-order valence-electron chi connectivity index (χ1n) is 10.5. The predicted molar refractivity (Wildman–Crippen MR) is 118 cm³/mol. The molecule has 2 aromatic rings. The van der Waals surface area contributed by atoms with Gasteiger partial charge in [0.25, 0.3) is 11.1 Å². The monoisotopic (exact) mass is 446 g/mol. The second kappa shape index (κ2) is 10.7. The van der Waals surface area contributed by atoms with Gasteiger partial charge in [-0.15, -0.1) is 10.2 Å². The van der Waals surface area contributed by atoms with E-state index in [4.69, 9.17) is 9.15 Å². The highest BCUT2D eigenvalue weighted by molar-refractivity contribution is 7.99. The highest BCUT2D eigenvalue weighted by Gasteiger charge is 2.29. The summed E-state index contributed by atoms with van der Waals surface area (Å²) in [6.07, 6.45) is 4.31. The van der Waals surface area contributed by atoms with Crippen LogP contribution in [0, 0.1) is 0 Å². The molecule has 0 unspecified atom stereocenters. The van der Waals surface area contributed by atoms with Crippen LogP contribution in [0.3, 0.4) is 0 Å². The summed E-state index contributed by atoms with van der Waals surface area (Å²) in [4.78, 5) is 26.9. The molecule has 8 nitrogen and oxygen atoms in total. The molecule has 0 saturated heterocycles. The summed E-state index contributed by atoms with van der Waals surface area (Å²) in [5.41, 5.74) is -0.478. The number of carbonyl (C=O) groups is 2. The molecule has 31 heavy (non-hydrogen) atoms. The molecule has 0 atom stereocenters. The highest BCUT2D eigenvalue weighted by atomic mass is 32.2. The van der Waals surface area contributed by atoms with E-state index in [2.05, 4.69) is 15.5 Å². The van der Waals surface area contributed by atoms with Crippen molar-refractivity contribution in [3.05, 3.63) is 36.2 Å². The number of ether oxygens (including phenoxy) is 1. The smallest absolute Gasteiger partial charge is 0.277 e. The molecule has 1 saturated carbocycles. The number of rotatable bonds is 9. The summed E-state index contributed by atoms with van der Waals surface area (Å²) in [7, 11) is 0. The van der Waals surface area contributed by atoms with E-state index in [1.54, 1.807) is 4.90 Å². The lowest BCUT2D eigenvalue weighted by atomic mass is 10.1. The Morgan fingerprint density at radius 1 is 1.19 bits per heavy atom. The Labute approximate surface area is 187 Å². The van der Waals surface area contributed by atoms with Crippen LogP contribution in [0.5, 0.6) is 5.75 Å². The van der Waals surface area contributed by atoms with E-state index in [0.717, 1.165) is 37.4 Å². The van der Waals surface area contributed by atoms with Crippen LogP contribution in [0.1, 0.15) is 52.3 Å². The maximum absolute atomic E-state index is 12.9. The molecule has 1 heterocycles. The SMILES string of the molecule is CC(C)(C)N(CC(=O)NC1CCCC1)C(=O)CSc1nnc(COc2ccccc2)o1. The molecular formula is C22H30N4O4S. The summed E-state index contributed by atoms with van der Waals surface area (Å²) in [5, 5.41) is 11.3. The molecule has 0 spiro atoms. The van der Waals surface area contributed by atoms with Crippen LogP contribution in [-0.4, -0.2) is 50.8 Å². The first-order valence-corrected chi connectivity index (χ1v) is 11.5. The molecule has 0 bridgehead atoms. The van der Waals surface area contributed by atoms with Gasteiger partial charge in [0.05, 0.1) is 5.75 Å². The van der Waals surface area contributed by atoms with Gasteiger partial charge in [0.2, 0.25) is 11.8 Å². The zero-order valence-corrected chi connectivity index (χ0v) is 19.1. The zero-order valence-electron chi connectivity index (χ0n) is 18.3. The van der Waals surface area contributed by atoms with Crippen molar-refractivity contribution in [2.24, 2.45) is 0 Å². The highest BCUT2D eigenvalue weighted by Crippen LogP contribution is 2.22. The van der Waals surface area contributed by atoms with E-state index in [0.29, 0.717) is 16.9 Å². The maximum atomic E-state index is 12.9. The van der Waals surface area contributed by atoms with Gasteiger partial charge in [-0.2, -0.15) is 0 Å². The number of thioether (sulfide) groups is 1. The van der Waals surface area contributed by atoms with E-state index in [1.165, 1.54) is 0 Å². The van der Waals surface area contributed by atoms with Gasteiger partial charge in [0.15, 0.2) is 6.61 Å². The molecule has 1 aliphatic rings. The normalized spacial score (nSPS) is 14.4. The molecule has 1 fully saturated rings. The Hall–Kier alpha value is -2.55. The predicted octanol–water partition coefficient (Wildman–Crippen LogP) is 3.43. The van der Waals surface area contributed by atoms with Gasteiger partial charge >= 0.3 is 0 Å². The van der Waals surface area contributed by atoms with Crippen LogP contribution < -0.4 is 10.1 Å². The molecule has 0 aliphatic heterocycles. The number of hydrogen-bond donors (Lipinski definition) is 1. The Morgan fingerprint density at radius 3 is 2.58 bits per heavy atom. The van der Waals surface area contributed by atoms with Crippen molar-refractivity contribution in [1.29, 1.82) is 0 Å². The standard InChI is InChI=1S/C22H30N4O4S/c1-22(2,3)26(13-18(27)23-16-9-7-8-10-16)20(28)15-31-21-25-24-19(30-21)14-29-17-11-5-4-6-12-17/h4-6,11-12,16H,7-10,13-15H2,1-3H3,(H,23,27). The van der Waals surface area contributed by atoms with Crippen molar-refractivity contribution in [2.75, 3.05) is 12.3 Å². The lowest BCUT2D eigenvalue weighted by Crippen LogP contribution is -2.52. The van der Waals surface area contributed by atoms with Crippen molar-refractivity contribution in [3.63, 3.8) is 0 Å². The Morgan fingerprint density at radius 2 is 1.90 bits per heavy atom. The third-order valence-electron chi connectivity index (χ3n) is 5.01. The van der Waals surface area contributed by atoms with Crippen molar-refractivity contribution in [3.8, 4) is 5.75 Å². The fraction of sp³-hybridized carbons (Fsp3) is 0.545. The number of nitrogens with one attached hydrogen (secondary N) is 1. The summed E-state index contributed by atoms with van der Waals surface area (Å²) in [5.74, 6) is 0.886. The lowest BCUT2D eigenvalue weighted by Gasteiger charge is -2.35. The summed E-state index contributed by atoms with van der Waals surface area (Å²) < 4.78 is 11.1. The van der Waals surface area contributed by atoms with Gasteiger partial charge in [0.1, 0.15) is 12.3 Å². The first kappa shape index (κ1) is 23.1. The minimum absolute atomic E-state index is 0.0411. The van der Waals surface area contributed by atoms with Crippen LogP contribution >= 0.6 is 11.8 Å². The van der Waals surface area contributed by atoms with Crippen LogP contribution in [0.2, 0.25) is 0 Å². The van der Waals surface area contributed by atoms with Crippen LogP contribution in [0.15, 0.2) is 40.0 Å². The minimum atomic E-state index is -0.478. The van der Waals surface area contributed by atoms with Crippen LogP contribution in [-0.2, 0) is 16.2 Å². The van der Waals surface area contributed by atoms with Gasteiger partial charge in [-0.3, -0.25) is 9.59 Å². The second-order valence-corrected chi connectivity index (χ2v) is 9.48. The van der Waals surface area contributed by atoms with Crippen molar-refractivity contribution < 1.29 is 18.7 Å². The van der Waals surface area contributed by atoms with Crippen molar-refractivity contribution >= 4 is 23.6 Å². The third kappa shape index (κ3) is 7.27. The van der Waals surface area contributed by atoms with Gasteiger partial charge in [-0.1, -0.05) is 42.8 Å². The minimum Gasteiger partial charge on any atom is -0.484 e. The maximum Gasteiger partial charge on any atom is 0.277 e. The molecular weight excluding hydrogens is 416 g/mol. The topological polar surface area (TPSA) is 97.6 Å². The molecule has 3 rings (SSSR count). The van der Waals surface area contributed by atoms with Crippen molar-refractivity contribution in [2.45, 2.75) is 69.9 Å². The molecule has 1 aromatic carbocycles. The van der Waals surface area contributed by atoms with Crippen molar-refractivity contribution in [1.82, 2.24) is 20.4 Å². The van der Waals surface area contributed by atoms with Gasteiger partial charge in [-0.25, -0.2) is 0 Å². The van der Waals surface area contributed by atoms with E-state index in [9.17, 15) is 9.59 Å². The van der Waals surface area contributed by atoms with E-state index >= 15 is 0 Å². The molecule has 9 heteroatoms. The van der Waals surface area contributed by atoms with E-state index < -0.39 is 5.54 Å². The third-order valence-corrected chi connectivity index (χ3v) is 5.81. The number of para-hydroxylation sites is 1.